The first-order valence-corrected chi connectivity index (χ1v) is 19.6. The molecule has 0 saturated carbocycles. The lowest BCUT2D eigenvalue weighted by Crippen LogP contribution is -2.51. The van der Waals surface area contributed by atoms with Crippen molar-refractivity contribution >= 4 is 63.6 Å². The second kappa shape index (κ2) is 25.5. The van der Waals surface area contributed by atoms with E-state index in [1.165, 1.54) is 19.1 Å². The molecule has 316 valence electrons. The van der Waals surface area contributed by atoms with Crippen LogP contribution >= 0.6 is 0 Å². The average Bonchev–Trinajstić information content (AvgIpc) is 3.47. The van der Waals surface area contributed by atoms with Gasteiger partial charge in [0, 0.05) is 50.8 Å². The maximum Gasteiger partial charge on any atom is 0.421 e. The van der Waals surface area contributed by atoms with Crippen LogP contribution in [0.1, 0.15) is 58.4 Å². The van der Waals surface area contributed by atoms with Crippen LogP contribution in [0.2, 0.25) is 0 Å². The molecule has 0 bridgehead atoms. The van der Waals surface area contributed by atoms with E-state index in [1.807, 2.05) is 0 Å². The number of benzene rings is 1. The summed E-state index contributed by atoms with van der Waals surface area (Å²) < 4.78 is 47.8. The van der Waals surface area contributed by atoms with Gasteiger partial charge >= 0.3 is 28.4 Å². The molecule has 1 heterocycles. The van der Waals surface area contributed by atoms with E-state index in [0.29, 0.717) is 31.5 Å². The molecule has 0 spiro atoms. The zero-order chi connectivity index (χ0) is 42.2. The summed E-state index contributed by atoms with van der Waals surface area (Å²) in [7, 11) is -4.27. The maximum absolute atomic E-state index is 12.7. The summed E-state index contributed by atoms with van der Waals surface area (Å²) in [6.45, 7) is 3.97. The number of nitrogens with zero attached hydrogens (tertiary/aromatic N) is 1. The number of carbonyl (C=O) groups is 8. The number of alkyl carbamates (subject to hydrolysis) is 1. The lowest BCUT2D eigenvalue weighted by Gasteiger charge is -2.21. The lowest BCUT2D eigenvalue weighted by atomic mass is 10.0. The molecule has 0 fully saturated rings. The minimum absolute atomic E-state index is 0.0951. The van der Waals surface area contributed by atoms with Gasteiger partial charge in [-0.05, 0) is 42.9 Å². The number of rotatable bonds is 26. The van der Waals surface area contributed by atoms with Crippen molar-refractivity contribution in [2.45, 2.75) is 65.5 Å². The van der Waals surface area contributed by atoms with Crippen LogP contribution in [0.5, 0.6) is 0 Å². The molecule has 0 saturated heterocycles. The quantitative estimate of drug-likeness (QED) is 0.0314. The Hall–Kier alpha value is -5.61. The number of carbonyl (C=O) groups excluding carboxylic acids is 8. The van der Waals surface area contributed by atoms with E-state index in [4.69, 9.17) is 18.9 Å². The topological polar surface area (TPSA) is 283 Å². The first-order valence-electron chi connectivity index (χ1n) is 18.1. The maximum atomic E-state index is 12.7. The fraction of sp³-hybridized carbons (Fsp3) is 0.543. The molecule has 57 heavy (non-hydrogen) atoms. The predicted molar refractivity (Wildman–Crippen MR) is 201 cm³/mol. The van der Waals surface area contributed by atoms with E-state index in [-0.39, 0.29) is 89.1 Å². The van der Waals surface area contributed by atoms with E-state index < -0.39 is 46.2 Å². The van der Waals surface area contributed by atoms with Gasteiger partial charge in [-0.25, -0.2) is 14.3 Å². The predicted octanol–water partition coefficient (Wildman–Crippen LogP) is 0.124. The van der Waals surface area contributed by atoms with E-state index in [9.17, 15) is 46.8 Å². The van der Waals surface area contributed by atoms with Crippen LogP contribution in [0.3, 0.4) is 0 Å². The Morgan fingerprint density at radius 3 is 2.11 bits per heavy atom. The summed E-state index contributed by atoms with van der Waals surface area (Å²) in [5, 5.41) is 10.2. The number of anilines is 1. The van der Waals surface area contributed by atoms with Gasteiger partial charge in [0.1, 0.15) is 19.3 Å². The Morgan fingerprint density at radius 2 is 1.44 bits per heavy atom. The van der Waals surface area contributed by atoms with Gasteiger partial charge in [-0.2, -0.15) is 13.1 Å². The molecule has 1 atom stereocenters. The van der Waals surface area contributed by atoms with Crippen molar-refractivity contribution in [1.82, 2.24) is 30.3 Å². The van der Waals surface area contributed by atoms with Gasteiger partial charge in [0.25, 0.3) is 11.8 Å². The largest absolute Gasteiger partial charge is 0.461 e. The van der Waals surface area contributed by atoms with Crippen LogP contribution in [0.4, 0.5) is 15.3 Å². The molecule has 1 unspecified atom stereocenters. The van der Waals surface area contributed by atoms with Gasteiger partial charge in [-0.3, -0.25) is 33.7 Å². The van der Waals surface area contributed by atoms with Gasteiger partial charge in [0.05, 0.1) is 26.4 Å². The fourth-order valence-electron chi connectivity index (χ4n) is 4.71. The van der Waals surface area contributed by atoms with Crippen LogP contribution < -0.4 is 30.7 Å². The molecular formula is C35H51N7O14S. The molecule has 1 aliphatic heterocycles. The smallest absolute Gasteiger partial charge is 0.421 e. The number of hydrogen-bond donors (Lipinski definition) is 6. The van der Waals surface area contributed by atoms with Crippen molar-refractivity contribution in [2.24, 2.45) is 5.92 Å². The lowest BCUT2D eigenvalue weighted by molar-refractivity contribution is -0.142. The number of unbranched alkanes of at least 4 members (excludes halogenated alkanes) is 2. The van der Waals surface area contributed by atoms with Gasteiger partial charge in [0.2, 0.25) is 17.7 Å². The average molecular weight is 826 g/mol. The molecule has 2 rings (SSSR count). The zero-order valence-corrected chi connectivity index (χ0v) is 32.9. The second-order valence-electron chi connectivity index (χ2n) is 12.7. The highest BCUT2D eigenvalue weighted by atomic mass is 32.2. The third-order valence-corrected chi connectivity index (χ3v) is 8.62. The summed E-state index contributed by atoms with van der Waals surface area (Å²) in [5.74, 6) is -2.83. The fourth-order valence-corrected chi connectivity index (χ4v) is 5.41. The third-order valence-electron chi connectivity index (χ3n) is 7.61. The highest BCUT2D eigenvalue weighted by Gasteiger charge is 2.25. The minimum atomic E-state index is -4.27. The van der Waals surface area contributed by atoms with Crippen molar-refractivity contribution in [2.75, 3.05) is 57.9 Å². The molecular weight excluding hydrogens is 774 g/mol. The monoisotopic (exact) mass is 825 g/mol. The summed E-state index contributed by atoms with van der Waals surface area (Å²) in [5.41, 5.74) is 1.18. The standard InChI is InChI=1S/C35H51N7O14S/c1-24(2)32(33(48)37-22-29(45)39-27-11-9-26(10-12-27)23-56-25(3)43)40-34(49)55-21-20-53-19-16-38-57(51,52)41-35(50)54-18-7-15-36-28(44)8-5-4-6-17-42-30(46)13-14-31(42)47/h9-14,24,32,38H,4-8,15-23H2,1-3H3,(H,36,44)(H,37,48)(H,39,45)(H,40,49)(H,41,50). The Balaban J connectivity index is 1.50. The molecule has 7 amide bonds. The van der Waals surface area contributed by atoms with Crippen LogP contribution in [0.15, 0.2) is 36.4 Å². The van der Waals surface area contributed by atoms with Crippen LogP contribution in [0.25, 0.3) is 0 Å². The Bertz CT molecular complexity index is 1670. The Kier molecular flexibility index (Phi) is 21.3. The van der Waals surface area contributed by atoms with Crippen molar-refractivity contribution < 1.29 is 65.7 Å². The number of esters is 1. The van der Waals surface area contributed by atoms with E-state index >= 15 is 0 Å². The molecule has 6 N–H and O–H groups in total. The summed E-state index contributed by atoms with van der Waals surface area (Å²) in [4.78, 5) is 96.1. The van der Waals surface area contributed by atoms with Gasteiger partial charge < -0.3 is 40.2 Å². The molecule has 22 heteroatoms. The SMILES string of the molecule is CC(=O)OCc1ccc(NC(=O)CNC(=O)C(NC(=O)OCCOCCNS(=O)(=O)NC(=O)OCCCNC(=O)CCCCCN2C(=O)C=CC2=O)C(C)C)cc1. The summed E-state index contributed by atoms with van der Waals surface area (Å²) in [6, 6.07) is 5.54. The molecule has 1 aliphatic rings. The molecule has 0 radical (unpaired) electrons. The molecule has 0 aromatic heterocycles. The van der Waals surface area contributed by atoms with Crippen molar-refractivity contribution in [3.8, 4) is 0 Å². The van der Waals surface area contributed by atoms with Gasteiger partial charge in [0.15, 0.2) is 0 Å². The molecule has 21 nitrogen and oxygen atoms in total. The van der Waals surface area contributed by atoms with Gasteiger partial charge in [-0.1, -0.05) is 32.4 Å². The second-order valence-corrected chi connectivity index (χ2v) is 14.2. The van der Waals surface area contributed by atoms with Crippen molar-refractivity contribution in [3.05, 3.63) is 42.0 Å². The summed E-state index contributed by atoms with van der Waals surface area (Å²) in [6.07, 6.45) is 2.54. The van der Waals surface area contributed by atoms with E-state index in [1.54, 1.807) is 42.8 Å². The zero-order valence-electron chi connectivity index (χ0n) is 32.1. The van der Waals surface area contributed by atoms with E-state index in [0.717, 1.165) is 10.5 Å². The molecule has 1 aromatic rings. The van der Waals surface area contributed by atoms with E-state index in [2.05, 4.69) is 26.0 Å². The highest BCUT2D eigenvalue weighted by Crippen LogP contribution is 2.11. The highest BCUT2D eigenvalue weighted by molar-refractivity contribution is 7.88. The van der Waals surface area contributed by atoms with Crippen molar-refractivity contribution in [3.63, 3.8) is 0 Å². The third kappa shape index (κ3) is 20.8. The minimum Gasteiger partial charge on any atom is -0.461 e. The van der Waals surface area contributed by atoms with Crippen molar-refractivity contribution in [1.29, 1.82) is 0 Å². The van der Waals surface area contributed by atoms with Gasteiger partial charge in [-0.15, -0.1) is 0 Å². The van der Waals surface area contributed by atoms with Crippen LogP contribution in [-0.4, -0.2) is 120 Å². The van der Waals surface area contributed by atoms with Crippen LogP contribution in [-0.2, 0) is 64.5 Å². The number of hydrogen-bond acceptors (Lipinski definition) is 14. The number of nitrogens with one attached hydrogen (secondary N) is 6. The number of amides is 7. The number of ether oxygens (including phenoxy) is 4. The number of imide groups is 1. The molecule has 0 aliphatic carbocycles. The first-order chi connectivity index (χ1) is 27.1. The Labute approximate surface area is 330 Å². The summed E-state index contributed by atoms with van der Waals surface area (Å²) >= 11 is 0. The Morgan fingerprint density at radius 1 is 0.754 bits per heavy atom. The van der Waals surface area contributed by atoms with Crippen LogP contribution in [0, 0.1) is 5.92 Å². The molecule has 1 aromatic carbocycles. The first kappa shape index (κ1) is 47.5. The normalized spacial score (nSPS) is 12.8.